The lowest BCUT2D eigenvalue weighted by molar-refractivity contribution is -0.125. The Bertz CT molecular complexity index is 1320. The number of carbonyl (C=O) groups is 2. The fourth-order valence-corrected chi connectivity index (χ4v) is 5.10. The van der Waals surface area contributed by atoms with Gasteiger partial charge in [-0.2, -0.15) is 0 Å². The van der Waals surface area contributed by atoms with Crippen molar-refractivity contribution in [2.24, 2.45) is 0 Å². The SMILES string of the molecule is O=C1NC(=O)[C@H](c2cn3c4c(cccc24)C(O)CC3)[C@H]1c1c[nH]c2ccccc12. The highest BCUT2D eigenvalue weighted by atomic mass is 16.3. The largest absolute Gasteiger partial charge is 0.388 e. The highest BCUT2D eigenvalue weighted by molar-refractivity contribution is 6.13. The minimum atomic E-state index is -0.601. The molecule has 29 heavy (non-hydrogen) atoms. The van der Waals surface area contributed by atoms with Gasteiger partial charge in [-0.25, -0.2) is 0 Å². The number of aromatic nitrogens is 2. The zero-order chi connectivity index (χ0) is 19.7. The van der Waals surface area contributed by atoms with Crippen molar-refractivity contribution in [1.82, 2.24) is 14.9 Å². The van der Waals surface area contributed by atoms with E-state index < -0.39 is 17.9 Å². The molecule has 2 aromatic carbocycles. The average Bonchev–Trinajstić information content (AvgIpc) is 3.38. The van der Waals surface area contributed by atoms with Gasteiger partial charge in [-0.3, -0.25) is 14.9 Å². The molecule has 3 atom stereocenters. The fraction of sp³-hybridized carbons (Fsp3) is 0.217. The lowest BCUT2D eigenvalue weighted by Crippen LogP contribution is -2.21. The van der Waals surface area contributed by atoms with Crippen LogP contribution in [-0.4, -0.2) is 26.5 Å². The number of aliphatic hydroxyl groups excluding tert-OH is 1. The van der Waals surface area contributed by atoms with Crippen LogP contribution >= 0.6 is 0 Å². The van der Waals surface area contributed by atoms with Crippen molar-refractivity contribution < 1.29 is 14.7 Å². The first-order valence-corrected chi connectivity index (χ1v) is 9.84. The third-order valence-electron chi connectivity index (χ3n) is 6.40. The van der Waals surface area contributed by atoms with Crippen LogP contribution in [0.4, 0.5) is 0 Å². The Morgan fingerprint density at radius 3 is 2.52 bits per heavy atom. The summed E-state index contributed by atoms with van der Waals surface area (Å²) >= 11 is 0. The summed E-state index contributed by atoms with van der Waals surface area (Å²) in [5.41, 5.74) is 4.47. The summed E-state index contributed by atoms with van der Waals surface area (Å²) in [6, 6.07) is 13.6. The van der Waals surface area contributed by atoms with Gasteiger partial charge in [0, 0.05) is 40.8 Å². The van der Waals surface area contributed by atoms with Crippen molar-refractivity contribution in [2.75, 3.05) is 0 Å². The van der Waals surface area contributed by atoms with Gasteiger partial charge >= 0.3 is 0 Å². The van der Waals surface area contributed by atoms with Crippen molar-refractivity contribution >= 4 is 33.6 Å². The number of aryl methyl sites for hydroxylation is 1. The smallest absolute Gasteiger partial charge is 0.235 e. The topological polar surface area (TPSA) is 87.1 Å². The standard InChI is InChI=1S/C23H19N3O3/c27-18-8-9-26-11-16(13-5-3-6-14(18)21(13)26)20-19(22(28)25-23(20)29)15-10-24-17-7-2-1-4-12(15)17/h1-7,10-11,18-20,24,27H,8-9H2,(H,25,28,29)/t18?,19-,20-/m1/s1. The molecule has 2 aromatic heterocycles. The molecule has 1 saturated heterocycles. The molecule has 6 heteroatoms. The van der Waals surface area contributed by atoms with Gasteiger partial charge in [0.05, 0.1) is 23.5 Å². The Balaban J connectivity index is 1.58. The minimum absolute atomic E-state index is 0.267. The Morgan fingerprint density at radius 2 is 1.66 bits per heavy atom. The van der Waals surface area contributed by atoms with Crippen LogP contribution in [0.15, 0.2) is 54.9 Å². The predicted molar refractivity (Wildman–Crippen MR) is 108 cm³/mol. The molecule has 6 rings (SSSR count). The van der Waals surface area contributed by atoms with Crippen LogP contribution < -0.4 is 5.32 Å². The van der Waals surface area contributed by atoms with E-state index in [2.05, 4.69) is 14.9 Å². The third-order valence-corrected chi connectivity index (χ3v) is 6.40. The maximum absolute atomic E-state index is 12.9. The van der Waals surface area contributed by atoms with Gasteiger partial charge in [0.25, 0.3) is 0 Å². The number of nitrogens with one attached hydrogen (secondary N) is 2. The minimum Gasteiger partial charge on any atom is -0.388 e. The molecule has 6 nitrogen and oxygen atoms in total. The van der Waals surface area contributed by atoms with E-state index >= 15 is 0 Å². The van der Waals surface area contributed by atoms with Crippen LogP contribution in [0.25, 0.3) is 21.8 Å². The molecule has 144 valence electrons. The number of aliphatic hydroxyl groups is 1. The van der Waals surface area contributed by atoms with Gasteiger partial charge in [0.15, 0.2) is 0 Å². The summed E-state index contributed by atoms with van der Waals surface area (Å²) in [5, 5.41) is 14.8. The number of imide groups is 1. The van der Waals surface area contributed by atoms with E-state index in [-0.39, 0.29) is 11.8 Å². The number of fused-ring (bicyclic) bond motifs is 1. The lowest BCUT2D eigenvalue weighted by atomic mass is 9.82. The van der Waals surface area contributed by atoms with Crippen LogP contribution in [0.1, 0.15) is 41.1 Å². The first-order chi connectivity index (χ1) is 14.1. The predicted octanol–water partition coefficient (Wildman–Crippen LogP) is 3.08. The zero-order valence-electron chi connectivity index (χ0n) is 15.6. The van der Waals surface area contributed by atoms with Crippen molar-refractivity contribution in [3.05, 3.63) is 71.5 Å². The molecule has 0 saturated carbocycles. The number of H-pyrrole nitrogens is 1. The molecule has 4 heterocycles. The van der Waals surface area contributed by atoms with Gasteiger partial charge in [-0.05, 0) is 23.6 Å². The van der Waals surface area contributed by atoms with E-state index in [9.17, 15) is 14.7 Å². The molecule has 4 aromatic rings. The monoisotopic (exact) mass is 385 g/mol. The third kappa shape index (κ3) is 2.20. The quantitative estimate of drug-likeness (QED) is 0.464. The molecule has 1 fully saturated rings. The molecule has 1 unspecified atom stereocenters. The van der Waals surface area contributed by atoms with E-state index in [1.165, 1.54) is 0 Å². The molecule has 3 N–H and O–H groups in total. The Hall–Kier alpha value is -3.38. The second-order valence-electron chi connectivity index (χ2n) is 7.92. The summed E-state index contributed by atoms with van der Waals surface area (Å²) < 4.78 is 2.11. The number of hydrogen-bond acceptors (Lipinski definition) is 3. The van der Waals surface area contributed by atoms with E-state index in [1.54, 1.807) is 0 Å². The fourth-order valence-electron chi connectivity index (χ4n) is 5.10. The highest BCUT2D eigenvalue weighted by Gasteiger charge is 2.46. The molecule has 2 amide bonds. The van der Waals surface area contributed by atoms with Crippen LogP contribution in [0.2, 0.25) is 0 Å². The number of carbonyl (C=O) groups excluding carboxylic acids is 2. The Kier molecular flexibility index (Phi) is 3.32. The Labute approximate surface area is 166 Å². The van der Waals surface area contributed by atoms with Crippen LogP contribution in [-0.2, 0) is 16.1 Å². The van der Waals surface area contributed by atoms with E-state index in [4.69, 9.17) is 0 Å². The van der Waals surface area contributed by atoms with Gasteiger partial charge in [0.1, 0.15) is 0 Å². The van der Waals surface area contributed by atoms with Crippen molar-refractivity contribution in [3.63, 3.8) is 0 Å². The highest BCUT2D eigenvalue weighted by Crippen LogP contribution is 2.45. The van der Waals surface area contributed by atoms with Gasteiger partial charge in [0.2, 0.25) is 11.8 Å². The summed E-state index contributed by atoms with van der Waals surface area (Å²) in [5.74, 6) is -1.73. The van der Waals surface area contributed by atoms with Crippen molar-refractivity contribution in [3.8, 4) is 0 Å². The molecule has 2 aliphatic rings. The van der Waals surface area contributed by atoms with Crippen molar-refractivity contribution in [2.45, 2.75) is 30.9 Å². The maximum atomic E-state index is 12.9. The van der Waals surface area contributed by atoms with Crippen LogP contribution in [0, 0.1) is 0 Å². The van der Waals surface area contributed by atoms with Crippen LogP contribution in [0.5, 0.6) is 0 Å². The summed E-state index contributed by atoms with van der Waals surface area (Å²) in [6.07, 6.45) is 3.97. The molecule has 2 aliphatic heterocycles. The number of amides is 2. The second kappa shape index (κ2) is 5.81. The second-order valence-corrected chi connectivity index (χ2v) is 7.92. The molecular formula is C23H19N3O3. The molecule has 0 spiro atoms. The van der Waals surface area contributed by atoms with Crippen molar-refractivity contribution in [1.29, 1.82) is 0 Å². The van der Waals surface area contributed by atoms with Gasteiger partial charge in [-0.1, -0.05) is 36.4 Å². The maximum Gasteiger partial charge on any atom is 0.235 e. The number of aromatic amines is 1. The number of nitrogens with zero attached hydrogens (tertiary/aromatic N) is 1. The molecule has 0 aliphatic carbocycles. The number of benzene rings is 2. The number of rotatable bonds is 2. The lowest BCUT2D eigenvalue weighted by Gasteiger charge is -2.20. The summed E-state index contributed by atoms with van der Waals surface area (Å²) in [7, 11) is 0. The summed E-state index contributed by atoms with van der Waals surface area (Å²) in [4.78, 5) is 29.0. The first kappa shape index (κ1) is 16.6. The number of hydrogen-bond donors (Lipinski definition) is 3. The molecular weight excluding hydrogens is 366 g/mol. The molecule has 0 bridgehead atoms. The van der Waals surface area contributed by atoms with Gasteiger partial charge < -0.3 is 14.7 Å². The summed E-state index contributed by atoms with van der Waals surface area (Å²) in [6.45, 7) is 0.689. The van der Waals surface area contributed by atoms with E-state index in [0.29, 0.717) is 13.0 Å². The Morgan fingerprint density at radius 1 is 0.897 bits per heavy atom. The van der Waals surface area contributed by atoms with Crippen LogP contribution in [0.3, 0.4) is 0 Å². The van der Waals surface area contributed by atoms with E-state index in [0.717, 1.165) is 38.5 Å². The van der Waals surface area contributed by atoms with Gasteiger partial charge in [-0.15, -0.1) is 0 Å². The number of para-hydroxylation sites is 2. The first-order valence-electron chi connectivity index (χ1n) is 9.84. The van der Waals surface area contributed by atoms with E-state index in [1.807, 2.05) is 54.9 Å². The molecule has 0 radical (unpaired) electrons. The normalized spacial score (nSPS) is 23.8. The average molecular weight is 385 g/mol. The zero-order valence-corrected chi connectivity index (χ0v) is 15.6.